The number of hydrogen-bond acceptors (Lipinski definition) is 6. The molecule has 1 aliphatic heterocycles. The highest BCUT2D eigenvalue weighted by Crippen LogP contribution is 2.38. The van der Waals surface area contributed by atoms with E-state index in [-0.39, 0.29) is 6.03 Å². The van der Waals surface area contributed by atoms with Gasteiger partial charge in [0.25, 0.3) is 5.89 Å². The molecule has 2 amide bonds. The highest BCUT2D eigenvalue weighted by molar-refractivity contribution is 5.86. The lowest BCUT2D eigenvalue weighted by atomic mass is 9.94. The summed E-state index contributed by atoms with van der Waals surface area (Å²) in [5, 5.41) is 7.34. The van der Waals surface area contributed by atoms with Crippen molar-refractivity contribution < 1.29 is 18.8 Å². The van der Waals surface area contributed by atoms with Crippen LogP contribution in [0.1, 0.15) is 30.0 Å². The van der Waals surface area contributed by atoms with Crippen LogP contribution in [0.2, 0.25) is 0 Å². The lowest BCUT2D eigenvalue weighted by molar-refractivity contribution is 0.203. The molecule has 0 saturated heterocycles. The summed E-state index contributed by atoms with van der Waals surface area (Å²) in [7, 11) is 3.18. The quantitative estimate of drug-likeness (QED) is 0.377. The SMILES string of the molecule is COc1ccc(CN2C(=O)NC(c3ccccc3)C(c3nc(-c4ccccc4)no3)=C2C)cc1OC. The first-order valence-electron chi connectivity index (χ1n) is 11.5. The Balaban J connectivity index is 1.57. The molecular formula is C28H26N4O4. The molecule has 36 heavy (non-hydrogen) atoms. The van der Waals surface area contributed by atoms with Crippen molar-refractivity contribution in [2.45, 2.75) is 19.5 Å². The number of hydrogen-bond donors (Lipinski definition) is 1. The van der Waals surface area contributed by atoms with Gasteiger partial charge < -0.3 is 19.3 Å². The number of amides is 2. The van der Waals surface area contributed by atoms with Crippen LogP contribution < -0.4 is 14.8 Å². The minimum atomic E-state index is -0.440. The van der Waals surface area contributed by atoms with E-state index in [1.54, 1.807) is 19.1 Å². The number of ether oxygens (including phenoxy) is 2. The van der Waals surface area contributed by atoms with Crippen molar-refractivity contribution in [1.82, 2.24) is 20.4 Å². The van der Waals surface area contributed by atoms with E-state index in [1.807, 2.05) is 85.8 Å². The Hall–Kier alpha value is -4.59. The zero-order chi connectivity index (χ0) is 25.1. The van der Waals surface area contributed by atoms with Gasteiger partial charge in [0, 0.05) is 11.3 Å². The van der Waals surface area contributed by atoms with Crippen LogP contribution in [0.4, 0.5) is 4.79 Å². The Labute approximate surface area is 209 Å². The number of aromatic nitrogens is 2. The summed E-state index contributed by atoms with van der Waals surface area (Å²) < 4.78 is 16.5. The fraction of sp³-hybridized carbons (Fsp3) is 0.179. The first-order chi connectivity index (χ1) is 17.6. The summed E-state index contributed by atoms with van der Waals surface area (Å²) in [6.45, 7) is 2.22. The van der Waals surface area contributed by atoms with E-state index in [0.717, 1.165) is 28.0 Å². The fourth-order valence-electron chi connectivity index (χ4n) is 4.34. The monoisotopic (exact) mass is 482 g/mol. The van der Waals surface area contributed by atoms with Gasteiger partial charge in [-0.2, -0.15) is 4.98 Å². The summed E-state index contributed by atoms with van der Waals surface area (Å²) in [5.74, 6) is 2.07. The number of nitrogens with one attached hydrogen (secondary N) is 1. The standard InChI is InChI=1S/C28H26N4O4/c1-18-24(27-30-26(31-36-27)21-12-8-5-9-13-21)25(20-10-6-4-7-11-20)29-28(33)32(18)17-19-14-15-22(34-2)23(16-19)35-3/h4-16,25H,17H2,1-3H3,(H,29,33). The maximum Gasteiger partial charge on any atom is 0.322 e. The Kier molecular flexibility index (Phi) is 6.40. The maximum atomic E-state index is 13.3. The number of carbonyl (C=O) groups excluding carboxylic acids is 1. The highest BCUT2D eigenvalue weighted by atomic mass is 16.5. The molecule has 0 bridgehead atoms. The van der Waals surface area contributed by atoms with E-state index in [9.17, 15) is 4.79 Å². The molecule has 1 atom stereocenters. The van der Waals surface area contributed by atoms with Crippen molar-refractivity contribution in [2.75, 3.05) is 14.2 Å². The largest absolute Gasteiger partial charge is 0.493 e. The molecule has 0 saturated carbocycles. The molecule has 2 heterocycles. The van der Waals surface area contributed by atoms with Crippen molar-refractivity contribution in [1.29, 1.82) is 0 Å². The van der Waals surface area contributed by atoms with E-state index in [0.29, 0.717) is 29.8 Å². The van der Waals surface area contributed by atoms with Crippen LogP contribution in [-0.4, -0.2) is 35.3 Å². The van der Waals surface area contributed by atoms with Crippen molar-refractivity contribution in [3.8, 4) is 22.9 Å². The molecule has 1 unspecified atom stereocenters. The normalized spacial score (nSPS) is 15.6. The Morgan fingerprint density at radius 1 is 0.944 bits per heavy atom. The third-order valence-corrected chi connectivity index (χ3v) is 6.21. The second-order valence-electron chi connectivity index (χ2n) is 8.36. The van der Waals surface area contributed by atoms with Gasteiger partial charge in [-0.1, -0.05) is 71.9 Å². The van der Waals surface area contributed by atoms with Gasteiger partial charge >= 0.3 is 6.03 Å². The van der Waals surface area contributed by atoms with Crippen molar-refractivity contribution >= 4 is 11.6 Å². The Bertz CT molecular complexity index is 1400. The predicted octanol–water partition coefficient (Wildman–Crippen LogP) is 5.45. The highest BCUT2D eigenvalue weighted by Gasteiger charge is 2.35. The molecule has 8 heteroatoms. The number of benzene rings is 3. The molecule has 1 aliphatic rings. The molecule has 1 aromatic heterocycles. The fourth-order valence-corrected chi connectivity index (χ4v) is 4.34. The molecule has 1 N–H and O–H groups in total. The molecule has 182 valence electrons. The summed E-state index contributed by atoms with van der Waals surface area (Å²) in [6, 6.07) is 24.3. The number of carbonyl (C=O) groups is 1. The average Bonchev–Trinajstić information content (AvgIpc) is 3.41. The zero-order valence-electron chi connectivity index (χ0n) is 20.3. The molecule has 5 rings (SSSR count). The summed E-state index contributed by atoms with van der Waals surface area (Å²) in [5.41, 5.74) is 4.13. The van der Waals surface area contributed by atoms with E-state index in [4.69, 9.17) is 19.0 Å². The minimum absolute atomic E-state index is 0.220. The first kappa shape index (κ1) is 23.2. The average molecular weight is 483 g/mol. The Morgan fingerprint density at radius 2 is 1.64 bits per heavy atom. The molecule has 3 aromatic carbocycles. The third kappa shape index (κ3) is 4.40. The first-order valence-corrected chi connectivity index (χ1v) is 11.5. The lowest BCUT2D eigenvalue weighted by Crippen LogP contribution is -2.45. The van der Waals surface area contributed by atoms with Gasteiger partial charge in [0.1, 0.15) is 0 Å². The van der Waals surface area contributed by atoms with Crippen LogP contribution >= 0.6 is 0 Å². The minimum Gasteiger partial charge on any atom is -0.493 e. The van der Waals surface area contributed by atoms with Crippen molar-refractivity contribution in [3.63, 3.8) is 0 Å². The predicted molar refractivity (Wildman–Crippen MR) is 135 cm³/mol. The molecule has 4 aromatic rings. The van der Waals surface area contributed by atoms with E-state index in [2.05, 4.69) is 10.5 Å². The zero-order valence-corrected chi connectivity index (χ0v) is 20.3. The van der Waals surface area contributed by atoms with Crippen LogP contribution in [0.15, 0.2) is 89.1 Å². The summed E-state index contributed by atoms with van der Waals surface area (Å²) in [4.78, 5) is 19.7. The van der Waals surface area contributed by atoms with Gasteiger partial charge in [-0.15, -0.1) is 0 Å². The van der Waals surface area contributed by atoms with Crippen LogP contribution in [0.5, 0.6) is 11.5 Å². The molecule has 0 spiro atoms. The number of urea groups is 1. The summed E-state index contributed by atoms with van der Waals surface area (Å²) in [6.07, 6.45) is 0. The summed E-state index contributed by atoms with van der Waals surface area (Å²) >= 11 is 0. The van der Waals surface area contributed by atoms with E-state index in [1.165, 1.54) is 0 Å². The van der Waals surface area contributed by atoms with Gasteiger partial charge in [0.05, 0.1) is 32.4 Å². The number of nitrogens with zero attached hydrogens (tertiary/aromatic N) is 3. The van der Waals surface area contributed by atoms with Gasteiger partial charge in [0.2, 0.25) is 5.82 Å². The van der Waals surface area contributed by atoms with Gasteiger partial charge in [-0.05, 0) is 30.2 Å². The lowest BCUT2D eigenvalue weighted by Gasteiger charge is -2.35. The van der Waals surface area contributed by atoms with Crippen molar-refractivity contribution in [3.05, 3.63) is 102 Å². The number of allylic oxidation sites excluding steroid dienone is 1. The van der Waals surface area contributed by atoms with Crippen LogP contribution in [0.25, 0.3) is 17.0 Å². The van der Waals surface area contributed by atoms with Crippen molar-refractivity contribution in [2.24, 2.45) is 0 Å². The second kappa shape index (κ2) is 9.95. The topological polar surface area (TPSA) is 89.7 Å². The second-order valence-corrected chi connectivity index (χ2v) is 8.36. The van der Waals surface area contributed by atoms with Crippen LogP contribution in [0.3, 0.4) is 0 Å². The molecule has 0 radical (unpaired) electrons. The molecule has 0 aliphatic carbocycles. The molecular weight excluding hydrogens is 456 g/mol. The van der Waals surface area contributed by atoms with Crippen LogP contribution in [0, 0.1) is 0 Å². The third-order valence-electron chi connectivity index (χ3n) is 6.21. The molecule has 8 nitrogen and oxygen atoms in total. The van der Waals surface area contributed by atoms with E-state index >= 15 is 0 Å². The van der Waals surface area contributed by atoms with Crippen LogP contribution in [-0.2, 0) is 6.54 Å². The maximum absolute atomic E-state index is 13.3. The van der Waals surface area contributed by atoms with Gasteiger partial charge in [-0.25, -0.2) is 4.79 Å². The van der Waals surface area contributed by atoms with E-state index < -0.39 is 6.04 Å². The van der Waals surface area contributed by atoms with Gasteiger partial charge in [0.15, 0.2) is 11.5 Å². The Morgan fingerprint density at radius 3 is 2.33 bits per heavy atom. The smallest absolute Gasteiger partial charge is 0.322 e. The number of methoxy groups -OCH3 is 2. The molecule has 0 fully saturated rings. The number of rotatable bonds is 7. The van der Waals surface area contributed by atoms with Gasteiger partial charge in [-0.3, -0.25) is 4.90 Å².